The fraction of sp³-hybridized carbons (Fsp3) is 0.636. The maximum Gasteiger partial charge on any atom is 0.354 e. The van der Waals surface area contributed by atoms with Crippen molar-refractivity contribution in [2.24, 2.45) is 17.7 Å². The molecule has 1 aliphatic rings. The van der Waals surface area contributed by atoms with Gasteiger partial charge in [-0.15, -0.1) is 0 Å². The van der Waals surface area contributed by atoms with E-state index in [1.165, 1.54) is 12.7 Å². The predicted octanol–water partition coefficient (Wildman–Crippen LogP) is 1.52. The van der Waals surface area contributed by atoms with Gasteiger partial charge in [-0.25, -0.2) is 15.8 Å². The van der Waals surface area contributed by atoms with Crippen LogP contribution in [0.25, 0.3) is 0 Å². The molecule has 1 aliphatic carbocycles. The highest BCUT2D eigenvalue weighted by Gasteiger charge is 2.25. The molecule has 0 aromatic carbocycles. The van der Waals surface area contributed by atoms with E-state index in [2.05, 4.69) is 27.6 Å². The van der Waals surface area contributed by atoms with Crippen LogP contribution < -0.4 is 16.6 Å². The van der Waals surface area contributed by atoms with E-state index in [9.17, 15) is 10.1 Å². The number of hydrogen-bond acceptors (Lipinski definition) is 7. The van der Waals surface area contributed by atoms with Gasteiger partial charge in [-0.2, -0.15) is 0 Å². The summed E-state index contributed by atoms with van der Waals surface area (Å²) in [7, 11) is 0. The smallest absolute Gasteiger partial charge is 0.354 e. The van der Waals surface area contributed by atoms with Crippen LogP contribution in [0, 0.1) is 22.0 Å². The average Bonchev–Trinajstić information content (AvgIpc) is 2.81. The van der Waals surface area contributed by atoms with Gasteiger partial charge in [0.15, 0.2) is 0 Å². The van der Waals surface area contributed by atoms with Crippen molar-refractivity contribution in [2.75, 3.05) is 17.3 Å². The molecular weight excluding hydrogens is 248 g/mol. The van der Waals surface area contributed by atoms with Crippen LogP contribution in [-0.2, 0) is 0 Å². The molecule has 104 valence electrons. The van der Waals surface area contributed by atoms with Crippen molar-refractivity contribution < 1.29 is 4.92 Å². The van der Waals surface area contributed by atoms with Gasteiger partial charge >= 0.3 is 5.69 Å². The number of nitrogens with two attached hydrogens (primary N) is 1. The lowest BCUT2D eigenvalue weighted by Crippen LogP contribution is -2.16. The van der Waals surface area contributed by atoms with Crippen molar-refractivity contribution in [1.29, 1.82) is 0 Å². The highest BCUT2D eigenvalue weighted by atomic mass is 16.6. The largest absolute Gasteiger partial charge is 0.364 e. The molecule has 19 heavy (non-hydrogen) atoms. The number of nitrogen functional groups attached to an aromatic ring is 1. The highest BCUT2D eigenvalue weighted by Crippen LogP contribution is 2.32. The summed E-state index contributed by atoms with van der Waals surface area (Å²) in [4.78, 5) is 18.2. The highest BCUT2D eigenvalue weighted by molar-refractivity contribution is 5.68. The maximum atomic E-state index is 11.0. The van der Waals surface area contributed by atoms with Crippen LogP contribution in [0.15, 0.2) is 6.33 Å². The molecular formula is C11H18N6O2. The van der Waals surface area contributed by atoms with Crippen LogP contribution in [0.3, 0.4) is 0 Å². The van der Waals surface area contributed by atoms with E-state index >= 15 is 0 Å². The van der Waals surface area contributed by atoms with Crippen molar-refractivity contribution in [3.63, 3.8) is 0 Å². The molecule has 0 saturated heterocycles. The Kier molecular flexibility index (Phi) is 4.10. The fourth-order valence-corrected chi connectivity index (χ4v) is 2.54. The first kappa shape index (κ1) is 13.5. The SMILES string of the molecule is CC1CCC(CNc2ncnc(NN)c2[N+](=O)[O-])C1. The molecule has 0 spiro atoms. The fourth-order valence-electron chi connectivity index (χ4n) is 2.54. The Morgan fingerprint density at radius 3 is 2.79 bits per heavy atom. The molecule has 0 aliphatic heterocycles. The number of nitrogens with zero attached hydrogens (tertiary/aromatic N) is 3. The molecule has 8 heteroatoms. The Hall–Kier alpha value is -1.96. The standard InChI is InChI=1S/C11H18N6O2/c1-7-2-3-8(4-7)5-13-10-9(17(18)19)11(16-12)15-6-14-10/h6-8H,2-5,12H2,1H3,(H2,13,14,15,16). The van der Waals surface area contributed by atoms with E-state index in [0.717, 1.165) is 18.8 Å². The van der Waals surface area contributed by atoms with Crippen molar-refractivity contribution in [3.8, 4) is 0 Å². The summed E-state index contributed by atoms with van der Waals surface area (Å²) in [6, 6.07) is 0. The molecule has 1 aromatic rings. The van der Waals surface area contributed by atoms with Crippen molar-refractivity contribution in [1.82, 2.24) is 9.97 Å². The summed E-state index contributed by atoms with van der Waals surface area (Å²) in [5.41, 5.74) is 2.01. The summed E-state index contributed by atoms with van der Waals surface area (Å²) in [6.07, 6.45) is 4.76. The van der Waals surface area contributed by atoms with Crippen molar-refractivity contribution in [3.05, 3.63) is 16.4 Å². The zero-order chi connectivity index (χ0) is 13.8. The average molecular weight is 266 g/mol. The molecule has 2 atom stereocenters. The third kappa shape index (κ3) is 3.08. The van der Waals surface area contributed by atoms with Crippen LogP contribution >= 0.6 is 0 Å². The number of nitrogens with one attached hydrogen (secondary N) is 2. The lowest BCUT2D eigenvalue weighted by molar-refractivity contribution is -0.383. The van der Waals surface area contributed by atoms with Crippen molar-refractivity contribution >= 4 is 17.3 Å². The normalized spacial score (nSPS) is 22.2. The Morgan fingerprint density at radius 1 is 1.47 bits per heavy atom. The van der Waals surface area contributed by atoms with Gasteiger partial charge in [-0.1, -0.05) is 13.3 Å². The van der Waals surface area contributed by atoms with Gasteiger partial charge in [-0.3, -0.25) is 10.1 Å². The molecule has 0 bridgehead atoms. The zero-order valence-electron chi connectivity index (χ0n) is 10.8. The lowest BCUT2D eigenvalue weighted by Gasteiger charge is -2.12. The Balaban J connectivity index is 2.09. The lowest BCUT2D eigenvalue weighted by atomic mass is 10.1. The second-order valence-corrected chi connectivity index (χ2v) is 4.99. The molecule has 0 amide bonds. The van der Waals surface area contributed by atoms with E-state index < -0.39 is 4.92 Å². The van der Waals surface area contributed by atoms with Crippen LogP contribution in [0.5, 0.6) is 0 Å². The van der Waals surface area contributed by atoms with Crippen molar-refractivity contribution in [2.45, 2.75) is 26.2 Å². The predicted molar refractivity (Wildman–Crippen MR) is 71.5 cm³/mol. The summed E-state index contributed by atoms with van der Waals surface area (Å²) >= 11 is 0. The first-order valence-electron chi connectivity index (χ1n) is 6.31. The van der Waals surface area contributed by atoms with Crippen LogP contribution in [0.2, 0.25) is 0 Å². The molecule has 1 aromatic heterocycles. The second-order valence-electron chi connectivity index (χ2n) is 4.99. The number of anilines is 2. The summed E-state index contributed by atoms with van der Waals surface area (Å²) in [5.74, 6) is 6.72. The van der Waals surface area contributed by atoms with Gasteiger partial charge in [0.1, 0.15) is 6.33 Å². The molecule has 8 nitrogen and oxygen atoms in total. The summed E-state index contributed by atoms with van der Waals surface area (Å²) < 4.78 is 0. The van der Waals surface area contributed by atoms with Gasteiger partial charge in [0, 0.05) is 6.54 Å². The summed E-state index contributed by atoms with van der Waals surface area (Å²) in [5, 5.41) is 14.1. The van der Waals surface area contributed by atoms with E-state index in [-0.39, 0.29) is 17.3 Å². The van der Waals surface area contributed by atoms with E-state index in [1.54, 1.807) is 0 Å². The van der Waals surface area contributed by atoms with Gasteiger partial charge in [-0.05, 0) is 24.7 Å². The van der Waals surface area contributed by atoms with E-state index in [0.29, 0.717) is 12.5 Å². The van der Waals surface area contributed by atoms with Gasteiger partial charge < -0.3 is 10.7 Å². The van der Waals surface area contributed by atoms with Crippen LogP contribution in [-0.4, -0.2) is 21.4 Å². The van der Waals surface area contributed by atoms with Gasteiger partial charge in [0.05, 0.1) is 4.92 Å². The molecule has 1 fully saturated rings. The first-order chi connectivity index (χ1) is 9.11. The minimum absolute atomic E-state index is 0.0160. The zero-order valence-corrected chi connectivity index (χ0v) is 10.8. The number of rotatable bonds is 5. The van der Waals surface area contributed by atoms with Gasteiger partial charge in [0.2, 0.25) is 11.6 Å². The number of aromatic nitrogens is 2. The number of hydrogen-bond donors (Lipinski definition) is 3. The molecule has 1 heterocycles. The van der Waals surface area contributed by atoms with Crippen LogP contribution in [0.4, 0.5) is 17.3 Å². The Bertz CT molecular complexity index is 466. The molecule has 2 unspecified atom stereocenters. The minimum atomic E-state index is -0.533. The Labute approximate surface area is 110 Å². The van der Waals surface area contributed by atoms with E-state index in [4.69, 9.17) is 5.84 Å². The Morgan fingerprint density at radius 2 is 2.21 bits per heavy atom. The monoisotopic (exact) mass is 266 g/mol. The third-order valence-corrected chi connectivity index (χ3v) is 3.50. The van der Waals surface area contributed by atoms with Crippen LogP contribution in [0.1, 0.15) is 26.2 Å². The minimum Gasteiger partial charge on any atom is -0.364 e. The van der Waals surface area contributed by atoms with Gasteiger partial charge in [0.25, 0.3) is 0 Å². The maximum absolute atomic E-state index is 11.0. The molecule has 0 radical (unpaired) electrons. The number of nitro groups is 1. The molecule has 4 N–H and O–H groups in total. The van der Waals surface area contributed by atoms with E-state index in [1.807, 2.05) is 0 Å². The molecule has 2 rings (SSSR count). The quantitative estimate of drug-likeness (QED) is 0.420. The first-order valence-corrected chi connectivity index (χ1v) is 6.31. The second kappa shape index (κ2) is 5.79. The number of hydrazine groups is 1. The third-order valence-electron chi connectivity index (χ3n) is 3.50. The molecule has 1 saturated carbocycles. The summed E-state index contributed by atoms with van der Waals surface area (Å²) in [6.45, 7) is 2.91. The topological polar surface area (TPSA) is 119 Å².